The number of nitrogens with one attached hydrogen (secondary N) is 2. The number of carbonyl (C=O) groups excluding carboxylic acids is 1. The molecule has 0 radical (unpaired) electrons. The summed E-state index contributed by atoms with van der Waals surface area (Å²) in [5.74, 6) is -1.45. The average molecular weight is 242 g/mol. The van der Waals surface area contributed by atoms with Crippen LogP contribution in [0, 0.1) is 5.92 Å². The topological polar surface area (TPSA) is 87.7 Å². The molecule has 0 aromatic carbocycles. The lowest BCUT2D eigenvalue weighted by Crippen LogP contribution is -2.61. The Morgan fingerprint density at radius 3 is 2.53 bits per heavy atom. The zero-order valence-corrected chi connectivity index (χ0v) is 9.86. The summed E-state index contributed by atoms with van der Waals surface area (Å²) in [5.41, 5.74) is -1.03. The molecule has 2 rings (SSSR count). The molecule has 2 aliphatic rings. The second-order valence-electron chi connectivity index (χ2n) is 4.77. The van der Waals surface area contributed by atoms with E-state index in [1.54, 1.807) is 7.05 Å². The molecule has 1 heterocycles. The lowest BCUT2D eigenvalue weighted by atomic mass is 9.76. The second-order valence-corrected chi connectivity index (χ2v) is 4.77. The Morgan fingerprint density at radius 1 is 1.35 bits per heavy atom. The van der Waals surface area contributed by atoms with Gasteiger partial charge in [0.25, 0.3) is 0 Å². The van der Waals surface area contributed by atoms with Crippen molar-refractivity contribution in [3.63, 3.8) is 0 Å². The molecule has 6 heteroatoms. The van der Waals surface area contributed by atoms with Gasteiger partial charge in [-0.1, -0.05) is 0 Å². The predicted octanol–water partition coefficient (Wildman–Crippen LogP) is -0.656. The Hall–Kier alpha value is -1.14. The van der Waals surface area contributed by atoms with Gasteiger partial charge < -0.3 is 20.5 Å². The molecule has 0 aromatic heterocycles. The summed E-state index contributed by atoms with van der Waals surface area (Å²) >= 11 is 0. The highest BCUT2D eigenvalue weighted by molar-refractivity contribution is 5.89. The third-order valence-electron chi connectivity index (χ3n) is 3.77. The molecule has 1 saturated carbocycles. The third-order valence-corrected chi connectivity index (χ3v) is 3.77. The highest BCUT2D eigenvalue weighted by atomic mass is 16.5. The van der Waals surface area contributed by atoms with Crippen molar-refractivity contribution in [2.24, 2.45) is 5.92 Å². The van der Waals surface area contributed by atoms with Crippen molar-refractivity contribution in [3.8, 4) is 0 Å². The van der Waals surface area contributed by atoms with Crippen molar-refractivity contribution in [3.05, 3.63) is 0 Å². The van der Waals surface area contributed by atoms with Crippen molar-refractivity contribution in [2.75, 3.05) is 20.3 Å². The van der Waals surface area contributed by atoms with Gasteiger partial charge in [-0.05, 0) is 26.3 Å². The van der Waals surface area contributed by atoms with Gasteiger partial charge in [0.05, 0.1) is 19.1 Å². The standard InChI is InChI=1S/C11H18N2O4/c1-12-8-6-17-5-7(8)9(14)13-11(10(15)16)3-2-4-11/h7-8,12H,2-6H2,1H3,(H,13,14)(H,15,16). The number of hydrogen-bond acceptors (Lipinski definition) is 4. The van der Waals surface area contributed by atoms with Crippen LogP contribution in [0.4, 0.5) is 0 Å². The molecule has 1 aliphatic heterocycles. The fraction of sp³-hybridized carbons (Fsp3) is 0.818. The molecular formula is C11H18N2O4. The van der Waals surface area contributed by atoms with Crippen LogP contribution >= 0.6 is 0 Å². The molecule has 2 atom stereocenters. The van der Waals surface area contributed by atoms with Crippen LogP contribution in [-0.4, -0.2) is 48.8 Å². The summed E-state index contributed by atoms with van der Waals surface area (Å²) in [6, 6.07) is -0.0269. The Balaban J connectivity index is 1.99. The summed E-state index contributed by atoms with van der Waals surface area (Å²) in [6.07, 6.45) is 1.89. The highest BCUT2D eigenvalue weighted by Gasteiger charge is 2.47. The van der Waals surface area contributed by atoms with E-state index in [0.29, 0.717) is 26.1 Å². The van der Waals surface area contributed by atoms with Gasteiger partial charge in [-0.15, -0.1) is 0 Å². The van der Waals surface area contributed by atoms with Gasteiger partial charge in [0.15, 0.2) is 0 Å². The minimum atomic E-state index is -1.03. The lowest BCUT2D eigenvalue weighted by Gasteiger charge is -2.39. The SMILES string of the molecule is CNC1COCC1C(=O)NC1(C(=O)O)CCC1. The number of aliphatic carboxylic acids is 1. The van der Waals surface area contributed by atoms with E-state index in [1.807, 2.05) is 0 Å². The van der Waals surface area contributed by atoms with Gasteiger partial charge in [0.1, 0.15) is 5.54 Å². The number of ether oxygens (including phenoxy) is 1. The van der Waals surface area contributed by atoms with Crippen LogP contribution in [0.1, 0.15) is 19.3 Å². The first-order valence-corrected chi connectivity index (χ1v) is 5.89. The fourth-order valence-electron chi connectivity index (χ4n) is 2.35. The van der Waals surface area contributed by atoms with E-state index < -0.39 is 11.5 Å². The number of hydrogen-bond donors (Lipinski definition) is 3. The van der Waals surface area contributed by atoms with E-state index in [2.05, 4.69) is 10.6 Å². The number of carbonyl (C=O) groups is 2. The minimum Gasteiger partial charge on any atom is -0.480 e. The van der Waals surface area contributed by atoms with Crippen LogP contribution < -0.4 is 10.6 Å². The molecule has 0 aromatic rings. The monoisotopic (exact) mass is 242 g/mol. The number of amides is 1. The number of rotatable bonds is 4. The molecule has 1 aliphatic carbocycles. The number of likely N-dealkylation sites (N-methyl/N-ethyl adjacent to an activating group) is 1. The van der Waals surface area contributed by atoms with Crippen molar-refractivity contribution < 1.29 is 19.4 Å². The molecule has 2 unspecified atom stereocenters. The zero-order chi connectivity index (χ0) is 12.5. The molecule has 1 amide bonds. The zero-order valence-electron chi connectivity index (χ0n) is 9.86. The minimum absolute atomic E-state index is 0.0269. The lowest BCUT2D eigenvalue weighted by molar-refractivity contribution is -0.152. The molecule has 2 fully saturated rings. The summed E-state index contributed by atoms with van der Waals surface area (Å²) in [7, 11) is 1.77. The van der Waals surface area contributed by atoms with Crippen LogP contribution in [0.15, 0.2) is 0 Å². The van der Waals surface area contributed by atoms with Crippen LogP contribution in [0.5, 0.6) is 0 Å². The first-order chi connectivity index (χ1) is 8.09. The van der Waals surface area contributed by atoms with Crippen LogP contribution in [0.2, 0.25) is 0 Å². The molecule has 6 nitrogen and oxygen atoms in total. The van der Waals surface area contributed by atoms with Gasteiger partial charge in [0, 0.05) is 6.04 Å². The maximum atomic E-state index is 12.0. The number of carboxylic acid groups (broad SMARTS) is 1. The van der Waals surface area contributed by atoms with Crippen LogP contribution in [0.25, 0.3) is 0 Å². The van der Waals surface area contributed by atoms with Crippen molar-refractivity contribution in [1.82, 2.24) is 10.6 Å². The quantitative estimate of drug-likeness (QED) is 0.609. The van der Waals surface area contributed by atoms with Crippen molar-refractivity contribution >= 4 is 11.9 Å². The summed E-state index contributed by atoms with van der Waals surface area (Å²) in [4.78, 5) is 23.2. The van der Waals surface area contributed by atoms with E-state index >= 15 is 0 Å². The Labute approximate surface area is 99.7 Å². The predicted molar refractivity (Wildman–Crippen MR) is 59.5 cm³/mol. The highest BCUT2D eigenvalue weighted by Crippen LogP contribution is 2.32. The van der Waals surface area contributed by atoms with Crippen molar-refractivity contribution in [2.45, 2.75) is 30.8 Å². The number of carboxylic acids is 1. The fourth-order valence-corrected chi connectivity index (χ4v) is 2.35. The van der Waals surface area contributed by atoms with Crippen LogP contribution in [-0.2, 0) is 14.3 Å². The third kappa shape index (κ3) is 2.14. The summed E-state index contributed by atoms with van der Waals surface area (Å²) in [5, 5.41) is 14.8. The first-order valence-electron chi connectivity index (χ1n) is 5.89. The molecule has 0 bridgehead atoms. The normalized spacial score (nSPS) is 30.6. The van der Waals surface area contributed by atoms with Gasteiger partial charge in [0.2, 0.25) is 5.91 Å². The molecule has 3 N–H and O–H groups in total. The van der Waals surface area contributed by atoms with Gasteiger partial charge in [-0.25, -0.2) is 4.79 Å². The molecule has 96 valence electrons. The van der Waals surface area contributed by atoms with Crippen LogP contribution in [0.3, 0.4) is 0 Å². The Bertz CT molecular complexity index is 327. The molecule has 17 heavy (non-hydrogen) atoms. The second kappa shape index (κ2) is 4.62. The van der Waals surface area contributed by atoms with Gasteiger partial charge in [-0.3, -0.25) is 4.79 Å². The maximum Gasteiger partial charge on any atom is 0.329 e. The Kier molecular flexibility index (Phi) is 3.35. The largest absolute Gasteiger partial charge is 0.480 e. The molecule has 1 saturated heterocycles. The van der Waals surface area contributed by atoms with Crippen molar-refractivity contribution in [1.29, 1.82) is 0 Å². The van der Waals surface area contributed by atoms with E-state index in [9.17, 15) is 9.59 Å². The van der Waals surface area contributed by atoms with Gasteiger partial charge in [-0.2, -0.15) is 0 Å². The van der Waals surface area contributed by atoms with E-state index in [1.165, 1.54) is 0 Å². The smallest absolute Gasteiger partial charge is 0.329 e. The summed E-state index contributed by atoms with van der Waals surface area (Å²) in [6.45, 7) is 0.849. The van der Waals surface area contributed by atoms with E-state index in [-0.39, 0.29) is 17.9 Å². The molecular weight excluding hydrogens is 224 g/mol. The average Bonchev–Trinajstić information content (AvgIpc) is 2.70. The van der Waals surface area contributed by atoms with E-state index in [0.717, 1.165) is 6.42 Å². The summed E-state index contributed by atoms with van der Waals surface area (Å²) < 4.78 is 5.24. The maximum absolute atomic E-state index is 12.0. The van der Waals surface area contributed by atoms with Gasteiger partial charge >= 0.3 is 5.97 Å². The van der Waals surface area contributed by atoms with E-state index in [4.69, 9.17) is 9.84 Å². The Morgan fingerprint density at radius 2 is 2.06 bits per heavy atom. The first kappa shape index (κ1) is 12.3. The molecule has 0 spiro atoms.